The normalized spacial score (nSPS) is 14.3. The van der Waals surface area contributed by atoms with Crippen molar-refractivity contribution in [3.8, 4) is 5.75 Å². The molecule has 1 amide bonds. The topological polar surface area (TPSA) is 81.4 Å². The number of ether oxygens (including phenoxy) is 1. The summed E-state index contributed by atoms with van der Waals surface area (Å²) in [6.07, 6.45) is 4.54. The molecule has 1 aromatic carbocycles. The molecule has 1 aliphatic carbocycles. The summed E-state index contributed by atoms with van der Waals surface area (Å²) in [4.78, 5) is 29.1. The summed E-state index contributed by atoms with van der Waals surface area (Å²) in [6.45, 7) is 3.97. The molecule has 150 valence electrons. The summed E-state index contributed by atoms with van der Waals surface area (Å²) in [7, 11) is 0. The maximum atomic E-state index is 12.5. The molecule has 0 fully saturated rings. The van der Waals surface area contributed by atoms with Crippen molar-refractivity contribution in [1.82, 2.24) is 10.3 Å². The molecule has 0 bridgehead atoms. The number of carbonyl (C=O) groups excluding carboxylic acids is 1. The molecule has 0 saturated heterocycles. The lowest BCUT2D eigenvalue weighted by Crippen LogP contribution is -2.36. The van der Waals surface area contributed by atoms with Crippen LogP contribution in [0.3, 0.4) is 0 Å². The van der Waals surface area contributed by atoms with E-state index in [2.05, 4.69) is 10.3 Å². The summed E-state index contributed by atoms with van der Waals surface area (Å²) < 4.78 is 11.7. The number of rotatable bonds is 5. The van der Waals surface area contributed by atoms with Crippen LogP contribution >= 0.6 is 0 Å². The molecule has 1 N–H and O–H groups in total. The number of nitrogens with one attached hydrogen (secondary N) is 1. The van der Waals surface area contributed by atoms with Crippen LogP contribution in [0.25, 0.3) is 11.0 Å². The van der Waals surface area contributed by atoms with Gasteiger partial charge in [-0.05, 0) is 74.9 Å². The zero-order valence-electron chi connectivity index (χ0n) is 16.7. The van der Waals surface area contributed by atoms with Gasteiger partial charge in [0.05, 0.1) is 17.6 Å². The van der Waals surface area contributed by atoms with Gasteiger partial charge in [-0.2, -0.15) is 0 Å². The number of carbonyl (C=O) groups is 1. The van der Waals surface area contributed by atoms with E-state index >= 15 is 0 Å². The number of aromatic nitrogens is 1. The van der Waals surface area contributed by atoms with Crippen molar-refractivity contribution in [2.24, 2.45) is 0 Å². The van der Waals surface area contributed by atoms with Crippen molar-refractivity contribution in [2.45, 2.75) is 52.2 Å². The predicted octanol–water partition coefficient (Wildman–Crippen LogP) is 3.46. The number of aryl methyl sites for hydroxylation is 2. The lowest BCUT2D eigenvalue weighted by molar-refractivity contribution is -0.127. The maximum Gasteiger partial charge on any atom is 0.339 e. The van der Waals surface area contributed by atoms with Crippen molar-refractivity contribution in [2.75, 3.05) is 0 Å². The Morgan fingerprint density at radius 1 is 1.24 bits per heavy atom. The second-order valence-electron chi connectivity index (χ2n) is 7.49. The van der Waals surface area contributed by atoms with Crippen LogP contribution in [-0.4, -0.2) is 17.0 Å². The Hall–Kier alpha value is -3.15. The molecule has 6 heteroatoms. The molecular formula is C23H24N2O4. The number of hydrogen-bond acceptors (Lipinski definition) is 5. The van der Waals surface area contributed by atoms with Crippen LogP contribution in [0.5, 0.6) is 5.75 Å². The van der Waals surface area contributed by atoms with E-state index in [1.165, 1.54) is 0 Å². The average Bonchev–Trinajstić information content (AvgIpc) is 2.72. The van der Waals surface area contributed by atoms with E-state index in [0.29, 0.717) is 17.9 Å². The molecule has 4 rings (SSSR count). The van der Waals surface area contributed by atoms with Gasteiger partial charge < -0.3 is 14.5 Å². The molecule has 0 radical (unpaired) electrons. The van der Waals surface area contributed by atoms with E-state index in [1.807, 2.05) is 37.3 Å². The first-order chi connectivity index (χ1) is 14.0. The number of pyridine rings is 1. The number of hydrogen-bond donors (Lipinski definition) is 1. The van der Waals surface area contributed by atoms with E-state index in [1.54, 1.807) is 13.1 Å². The summed E-state index contributed by atoms with van der Waals surface area (Å²) in [5.41, 5.74) is 3.69. The fourth-order valence-electron chi connectivity index (χ4n) is 3.83. The lowest BCUT2D eigenvalue weighted by Gasteiger charge is -2.21. The van der Waals surface area contributed by atoms with Gasteiger partial charge in [0, 0.05) is 11.8 Å². The zero-order valence-corrected chi connectivity index (χ0v) is 16.7. The van der Waals surface area contributed by atoms with Crippen LogP contribution < -0.4 is 15.7 Å². The van der Waals surface area contributed by atoms with Gasteiger partial charge in [-0.1, -0.05) is 6.07 Å². The summed E-state index contributed by atoms with van der Waals surface area (Å²) >= 11 is 0. The molecule has 6 nitrogen and oxygen atoms in total. The van der Waals surface area contributed by atoms with Crippen LogP contribution in [0.15, 0.2) is 45.7 Å². The van der Waals surface area contributed by atoms with E-state index in [9.17, 15) is 9.59 Å². The minimum atomic E-state index is -0.699. The third-order valence-electron chi connectivity index (χ3n) is 5.27. The first-order valence-electron chi connectivity index (χ1n) is 9.96. The molecule has 3 aromatic rings. The Bertz CT molecular complexity index is 1110. The number of amides is 1. The van der Waals surface area contributed by atoms with Crippen LogP contribution in [0.4, 0.5) is 0 Å². The summed E-state index contributed by atoms with van der Waals surface area (Å²) in [6, 6.07) is 9.32. The highest BCUT2D eigenvalue weighted by Gasteiger charge is 2.23. The van der Waals surface area contributed by atoms with Crippen molar-refractivity contribution in [1.29, 1.82) is 0 Å². The number of fused-ring (bicyclic) bond motifs is 3. The van der Waals surface area contributed by atoms with Crippen molar-refractivity contribution in [3.05, 3.63) is 69.3 Å². The fraction of sp³-hybridized carbons (Fsp3) is 0.348. The Kier molecular flexibility index (Phi) is 5.34. The minimum absolute atomic E-state index is 0.225. The molecular weight excluding hydrogens is 368 g/mol. The van der Waals surface area contributed by atoms with E-state index in [-0.39, 0.29) is 11.5 Å². The lowest BCUT2D eigenvalue weighted by atomic mass is 9.90. The van der Waals surface area contributed by atoms with E-state index < -0.39 is 6.10 Å². The van der Waals surface area contributed by atoms with Crippen LogP contribution in [0.1, 0.15) is 42.1 Å². The third-order valence-corrected chi connectivity index (χ3v) is 5.27. The number of nitrogens with zero attached hydrogens (tertiary/aromatic N) is 1. The predicted molar refractivity (Wildman–Crippen MR) is 110 cm³/mol. The van der Waals surface area contributed by atoms with Crippen LogP contribution in [-0.2, 0) is 24.2 Å². The van der Waals surface area contributed by atoms with Gasteiger partial charge >= 0.3 is 5.63 Å². The molecule has 1 atom stereocenters. The van der Waals surface area contributed by atoms with Gasteiger partial charge in [-0.15, -0.1) is 0 Å². The highest BCUT2D eigenvalue weighted by atomic mass is 16.5. The van der Waals surface area contributed by atoms with Gasteiger partial charge in [0.15, 0.2) is 6.10 Å². The highest BCUT2D eigenvalue weighted by Crippen LogP contribution is 2.35. The Morgan fingerprint density at radius 3 is 2.79 bits per heavy atom. The monoisotopic (exact) mass is 392 g/mol. The molecule has 2 aromatic heterocycles. The molecule has 29 heavy (non-hydrogen) atoms. The average molecular weight is 392 g/mol. The minimum Gasteiger partial charge on any atom is -0.480 e. The van der Waals surface area contributed by atoms with Gasteiger partial charge in [0.2, 0.25) is 0 Å². The second kappa shape index (κ2) is 8.07. The molecule has 2 heterocycles. The van der Waals surface area contributed by atoms with Gasteiger partial charge in [0.1, 0.15) is 11.3 Å². The summed E-state index contributed by atoms with van der Waals surface area (Å²) in [5, 5.41) is 3.67. The van der Waals surface area contributed by atoms with Gasteiger partial charge in [-0.25, -0.2) is 4.79 Å². The second-order valence-corrected chi connectivity index (χ2v) is 7.49. The van der Waals surface area contributed by atoms with Gasteiger partial charge in [-0.3, -0.25) is 9.78 Å². The van der Waals surface area contributed by atoms with Crippen LogP contribution in [0.2, 0.25) is 0 Å². The first kappa shape index (κ1) is 19.2. The quantitative estimate of drug-likeness (QED) is 0.673. The fourth-order valence-corrected chi connectivity index (χ4v) is 3.83. The molecule has 1 aliphatic rings. The Labute approximate surface area is 168 Å². The highest BCUT2D eigenvalue weighted by molar-refractivity contribution is 5.89. The van der Waals surface area contributed by atoms with Crippen molar-refractivity contribution < 1.29 is 13.9 Å². The Balaban J connectivity index is 1.61. The molecule has 0 spiro atoms. The number of benzene rings is 1. The standard InChI is InChI=1S/C23H24N2O4/c1-14-11-19(28-15(2)22(26)25-13-16-7-5-6-10-24-16)21-17-8-3-4-9-18(17)23(27)29-20(21)12-14/h5-7,10-12,15H,3-4,8-9,13H2,1-2H3,(H,25,26)/t15-/m0/s1. The SMILES string of the molecule is Cc1cc(O[C@@H](C)C(=O)NCc2ccccn2)c2c3c(c(=O)oc2c1)CCCC3. The van der Waals surface area contributed by atoms with E-state index in [4.69, 9.17) is 9.15 Å². The summed E-state index contributed by atoms with van der Waals surface area (Å²) in [5.74, 6) is 0.360. The van der Waals surface area contributed by atoms with E-state index in [0.717, 1.165) is 53.5 Å². The third kappa shape index (κ3) is 4.01. The molecule has 0 aliphatic heterocycles. The molecule has 0 saturated carbocycles. The smallest absolute Gasteiger partial charge is 0.339 e. The van der Waals surface area contributed by atoms with Crippen molar-refractivity contribution in [3.63, 3.8) is 0 Å². The van der Waals surface area contributed by atoms with Gasteiger partial charge in [0.25, 0.3) is 5.91 Å². The van der Waals surface area contributed by atoms with Crippen LogP contribution in [0, 0.1) is 6.92 Å². The molecule has 0 unspecified atom stereocenters. The Morgan fingerprint density at radius 2 is 2.03 bits per heavy atom. The zero-order chi connectivity index (χ0) is 20.4. The largest absolute Gasteiger partial charge is 0.480 e. The maximum absolute atomic E-state index is 12.5. The first-order valence-corrected chi connectivity index (χ1v) is 9.96. The van der Waals surface area contributed by atoms with Crippen molar-refractivity contribution >= 4 is 16.9 Å².